The van der Waals surface area contributed by atoms with Gasteiger partial charge in [-0.3, -0.25) is 4.79 Å². The van der Waals surface area contributed by atoms with Gasteiger partial charge in [-0.15, -0.1) is 0 Å². The van der Waals surface area contributed by atoms with Crippen molar-refractivity contribution in [3.8, 4) is 0 Å². The van der Waals surface area contributed by atoms with Crippen LogP contribution in [0.15, 0.2) is 0 Å². The third kappa shape index (κ3) is 2.39. The predicted molar refractivity (Wildman–Crippen MR) is 79.7 cm³/mol. The maximum Gasteiger partial charge on any atom is 0.227 e. The Hall–Kier alpha value is -0.650. The Bertz CT molecular complexity index is 404. The van der Waals surface area contributed by atoms with Gasteiger partial charge >= 0.3 is 0 Å². The predicted octanol–water partition coefficient (Wildman–Crippen LogP) is 1.06. The quantitative estimate of drug-likeness (QED) is 0.817. The van der Waals surface area contributed by atoms with Crippen molar-refractivity contribution in [1.82, 2.24) is 5.32 Å². The highest BCUT2D eigenvalue weighted by Gasteiger charge is 2.59. The Morgan fingerprint density at radius 1 is 1.29 bits per heavy atom. The van der Waals surface area contributed by atoms with Crippen molar-refractivity contribution >= 4 is 5.91 Å². The number of nitrogens with one attached hydrogen (secondary N) is 1. The molecular formula is C16H28N2O3. The summed E-state index contributed by atoms with van der Waals surface area (Å²) in [5, 5.41) is 3.31. The van der Waals surface area contributed by atoms with Crippen LogP contribution in [0.25, 0.3) is 0 Å². The van der Waals surface area contributed by atoms with Crippen LogP contribution in [0, 0.1) is 16.7 Å². The monoisotopic (exact) mass is 296 g/mol. The lowest BCUT2D eigenvalue weighted by atomic mass is 9.55. The van der Waals surface area contributed by atoms with Gasteiger partial charge in [0.2, 0.25) is 5.91 Å². The van der Waals surface area contributed by atoms with Crippen molar-refractivity contribution in [3.05, 3.63) is 0 Å². The Morgan fingerprint density at radius 3 is 2.67 bits per heavy atom. The van der Waals surface area contributed by atoms with E-state index >= 15 is 0 Å². The molecule has 1 aliphatic carbocycles. The first-order chi connectivity index (χ1) is 10.0. The third-order valence-electron chi connectivity index (χ3n) is 5.94. The van der Waals surface area contributed by atoms with Crippen molar-refractivity contribution in [2.75, 3.05) is 26.4 Å². The van der Waals surface area contributed by atoms with E-state index < -0.39 is 5.41 Å². The standard InChI is InChI=1S/C16H28N2O3/c1-15(2)12(11-4-3-7-21-13(11)15)18-14(19)16(10-17)5-8-20-9-6-16/h11-13H,3-10,17H2,1-2H3,(H,18,19). The van der Waals surface area contributed by atoms with Crippen molar-refractivity contribution < 1.29 is 14.3 Å². The van der Waals surface area contributed by atoms with E-state index in [4.69, 9.17) is 15.2 Å². The molecule has 0 aromatic rings. The Labute approximate surface area is 126 Å². The molecule has 2 aliphatic heterocycles. The van der Waals surface area contributed by atoms with Crippen molar-refractivity contribution in [2.24, 2.45) is 22.5 Å². The van der Waals surface area contributed by atoms with Crippen LogP contribution in [0.3, 0.4) is 0 Å². The molecule has 3 fully saturated rings. The van der Waals surface area contributed by atoms with Crippen LogP contribution in [0.2, 0.25) is 0 Å². The minimum Gasteiger partial charge on any atom is -0.381 e. The number of hydrogen-bond acceptors (Lipinski definition) is 4. The van der Waals surface area contributed by atoms with Crippen molar-refractivity contribution in [3.63, 3.8) is 0 Å². The Morgan fingerprint density at radius 2 is 2.00 bits per heavy atom. The highest BCUT2D eigenvalue weighted by molar-refractivity contribution is 5.83. The maximum atomic E-state index is 12.8. The maximum absolute atomic E-state index is 12.8. The van der Waals surface area contributed by atoms with Gasteiger partial charge in [0, 0.05) is 43.7 Å². The molecule has 3 N–H and O–H groups in total. The fourth-order valence-electron chi connectivity index (χ4n) is 4.40. The fraction of sp³-hybridized carbons (Fsp3) is 0.938. The molecule has 0 aromatic carbocycles. The van der Waals surface area contributed by atoms with Crippen LogP contribution >= 0.6 is 0 Å². The summed E-state index contributed by atoms with van der Waals surface area (Å²) in [6, 6.07) is 0.210. The SMILES string of the molecule is CC1(C)C(NC(=O)C2(CN)CCOCC2)C2CCCOC21. The van der Waals surface area contributed by atoms with Gasteiger partial charge in [0.15, 0.2) is 0 Å². The second kappa shape index (κ2) is 5.52. The van der Waals surface area contributed by atoms with E-state index in [1.54, 1.807) is 0 Å². The molecule has 0 bridgehead atoms. The van der Waals surface area contributed by atoms with Crippen LogP contribution in [0.4, 0.5) is 0 Å². The lowest BCUT2D eigenvalue weighted by Gasteiger charge is -2.60. The molecule has 3 aliphatic rings. The Kier molecular flexibility index (Phi) is 4.01. The summed E-state index contributed by atoms with van der Waals surface area (Å²) in [4.78, 5) is 12.8. The molecule has 0 spiro atoms. The van der Waals surface area contributed by atoms with Gasteiger partial charge in [-0.25, -0.2) is 0 Å². The molecule has 0 aromatic heterocycles. The summed E-state index contributed by atoms with van der Waals surface area (Å²) in [7, 11) is 0. The molecule has 120 valence electrons. The van der Waals surface area contributed by atoms with Crippen LogP contribution in [0.1, 0.15) is 39.5 Å². The number of nitrogens with two attached hydrogens (primary N) is 1. The lowest BCUT2D eigenvalue weighted by molar-refractivity contribution is -0.196. The fourth-order valence-corrected chi connectivity index (χ4v) is 4.40. The lowest BCUT2D eigenvalue weighted by Crippen LogP contribution is -2.71. The van der Waals surface area contributed by atoms with Gasteiger partial charge in [0.05, 0.1) is 11.5 Å². The zero-order valence-corrected chi connectivity index (χ0v) is 13.2. The van der Waals surface area contributed by atoms with E-state index in [0.717, 1.165) is 32.3 Å². The summed E-state index contributed by atoms with van der Waals surface area (Å²) < 4.78 is 11.3. The normalized spacial score (nSPS) is 37.2. The summed E-state index contributed by atoms with van der Waals surface area (Å²) >= 11 is 0. The van der Waals surface area contributed by atoms with Gasteiger partial charge in [-0.1, -0.05) is 13.8 Å². The van der Waals surface area contributed by atoms with E-state index in [0.29, 0.717) is 31.8 Å². The number of rotatable bonds is 3. The second-order valence-corrected chi connectivity index (χ2v) is 7.47. The number of amides is 1. The van der Waals surface area contributed by atoms with Crippen LogP contribution in [-0.2, 0) is 14.3 Å². The molecule has 3 unspecified atom stereocenters. The molecular weight excluding hydrogens is 268 g/mol. The van der Waals surface area contributed by atoms with Gasteiger partial charge in [0.25, 0.3) is 0 Å². The molecule has 3 atom stereocenters. The minimum absolute atomic E-state index is 0.0156. The number of carbonyl (C=O) groups is 1. The number of fused-ring (bicyclic) bond motifs is 1. The highest BCUT2D eigenvalue weighted by atomic mass is 16.5. The molecule has 5 heteroatoms. The van der Waals surface area contributed by atoms with E-state index in [9.17, 15) is 4.79 Å². The van der Waals surface area contributed by atoms with Gasteiger partial charge in [-0.05, 0) is 25.7 Å². The first kappa shape index (κ1) is 15.3. The van der Waals surface area contributed by atoms with Crippen LogP contribution < -0.4 is 11.1 Å². The largest absolute Gasteiger partial charge is 0.381 e. The molecule has 2 saturated heterocycles. The van der Waals surface area contributed by atoms with Gasteiger partial charge in [0.1, 0.15) is 0 Å². The summed E-state index contributed by atoms with van der Waals surface area (Å²) in [5.74, 6) is 0.586. The molecule has 3 rings (SSSR count). The summed E-state index contributed by atoms with van der Waals surface area (Å²) in [6.45, 7) is 6.92. The van der Waals surface area contributed by atoms with Crippen LogP contribution in [0.5, 0.6) is 0 Å². The third-order valence-corrected chi connectivity index (χ3v) is 5.94. The van der Waals surface area contributed by atoms with Gasteiger partial charge in [-0.2, -0.15) is 0 Å². The topological polar surface area (TPSA) is 73.6 Å². The van der Waals surface area contributed by atoms with E-state index in [2.05, 4.69) is 19.2 Å². The van der Waals surface area contributed by atoms with Crippen LogP contribution in [-0.4, -0.2) is 44.4 Å². The zero-order valence-electron chi connectivity index (χ0n) is 13.2. The molecule has 0 radical (unpaired) electrons. The van der Waals surface area contributed by atoms with E-state index in [1.807, 2.05) is 0 Å². The summed E-state index contributed by atoms with van der Waals surface area (Å²) in [5.41, 5.74) is 5.51. The molecule has 5 nitrogen and oxygen atoms in total. The average molecular weight is 296 g/mol. The Balaban J connectivity index is 1.69. The van der Waals surface area contributed by atoms with Crippen molar-refractivity contribution in [1.29, 1.82) is 0 Å². The number of carbonyl (C=O) groups excluding carboxylic acids is 1. The van der Waals surface area contributed by atoms with E-state index in [-0.39, 0.29) is 17.4 Å². The van der Waals surface area contributed by atoms with Gasteiger partial charge < -0.3 is 20.5 Å². The first-order valence-electron chi connectivity index (χ1n) is 8.22. The number of hydrogen-bond donors (Lipinski definition) is 2. The van der Waals surface area contributed by atoms with E-state index in [1.165, 1.54) is 0 Å². The smallest absolute Gasteiger partial charge is 0.227 e. The summed E-state index contributed by atoms with van der Waals surface area (Å²) in [6.07, 6.45) is 4.00. The number of ether oxygens (including phenoxy) is 2. The highest BCUT2D eigenvalue weighted by Crippen LogP contribution is 2.51. The second-order valence-electron chi connectivity index (χ2n) is 7.47. The minimum atomic E-state index is -0.436. The molecule has 1 amide bonds. The molecule has 2 heterocycles. The molecule has 1 saturated carbocycles. The molecule has 21 heavy (non-hydrogen) atoms. The van der Waals surface area contributed by atoms with Crippen molar-refractivity contribution in [2.45, 2.75) is 51.7 Å². The zero-order chi connectivity index (χ0) is 15.1. The first-order valence-corrected chi connectivity index (χ1v) is 8.22. The average Bonchev–Trinajstić information content (AvgIpc) is 2.53.